The summed E-state index contributed by atoms with van der Waals surface area (Å²) in [5, 5.41) is 8.17. The molecule has 0 fully saturated rings. The van der Waals surface area contributed by atoms with E-state index in [1.807, 2.05) is 12.1 Å². The van der Waals surface area contributed by atoms with Crippen molar-refractivity contribution in [3.05, 3.63) is 54.4 Å². The first-order valence-electron chi connectivity index (χ1n) is 6.40. The molecule has 0 aliphatic heterocycles. The average Bonchev–Trinajstić information content (AvgIpc) is 2.90. The van der Waals surface area contributed by atoms with E-state index in [9.17, 15) is 4.79 Å². The zero-order valence-electron chi connectivity index (χ0n) is 11.4. The third-order valence-corrected chi connectivity index (χ3v) is 3.16. The summed E-state index contributed by atoms with van der Waals surface area (Å²) in [6.45, 7) is 1.53. The molecule has 0 bridgehead atoms. The summed E-state index contributed by atoms with van der Waals surface area (Å²) in [4.78, 5) is 15.3. The fourth-order valence-corrected chi connectivity index (χ4v) is 2.03. The molecule has 0 unspecified atom stereocenters. The average molecular weight is 279 g/mol. The highest BCUT2D eigenvalue weighted by atomic mass is 16.1. The van der Waals surface area contributed by atoms with Gasteiger partial charge < -0.3 is 5.73 Å². The maximum absolute atomic E-state index is 11.3. The predicted octanol–water partition coefficient (Wildman–Crippen LogP) is 2.11. The van der Waals surface area contributed by atoms with Crippen LogP contribution in [0.4, 0.5) is 5.82 Å². The van der Waals surface area contributed by atoms with Gasteiger partial charge in [0.15, 0.2) is 11.6 Å². The lowest BCUT2D eigenvalue weighted by Crippen LogP contribution is -2.03. The van der Waals surface area contributed by atoms with Gasteiger partial charge in [0.1, 0.15) is 5.69 Å². The molecular weight excluding hydrogens is 266 g/mol. The fourth-order valence-electron chi connectivity index (χ4n) is 2.03. The van der Waals surface area contributed by atoms with Crippen molar-refractivity contribution in [1.29, 1.82) is 0 Å². The van der Waals surface area contributed by atoms with Crippen LogP contribution in [0.25, 0.3) is 16.9 Å². The van der Waals surface area contributed by atoms with Crippen LogP contribution >= 0.6 is 0 Å². The third kappa shape index (κ3) is 2.38. The molecule has 2 aromatic heterocycles. The number of nitrogen functional groups attached to an aromatic ring is 1. The molecule has 0 aliphatic rings. The number of Topliss-reactive ketones (excluding diaryl/α,β-unsaturated/α-hetero) is 1. The highest BCUT2D eigenvalue weighted by Gasteiger charge is 2.13. The molecule has 0 atom stereocenters. The van der Waals surface area contributed by atoms with Crippen LogP contribution in [-0.2, 0) is 0 Å². The van der Waals surface area contributed by atoms with Gasteiger partial charge in [0.2, 0.25) is 0 Å². The van der Waals surface area contributed by atoms with Crippen LogP contribution in [0.5, 0.6) is 0 Å². The number of hydrogen-bond donors (Lipinski definition) is 1. The van der Waals surface area contributed by atoms with E-state index in [1.54, 1.807) is 36.7 Å². The van der Waals surface area contributed by atoms with E-state index >= 15 is 0 Å². The van der Waals surface area contributed by atoms with Gasteiger partial charge in [-0.25, -0.2) is 0 Å². The van der Waals surface area contributed by atoms with Crippen LogP contribution in [0.3, 0.4) is 0 Å². The lowest BCUT2D eigenvalue weighted by molar-refractivity contribution is 0.101. The summed E-state index contributed by atoms with van der Waals surface area (Å²) >= 11 is 0. The Labute approximate surface area is 121 Å². The molecule has 0 radical (unpaired) electrons. The lowest BCUT2D eigenvalue weighted by atomic mass is 10.1. The Morgan fingerprint density at radius 3 is 2.57 bits per heavy atom. The van der Waals surface area contributed by atoms with Gasteiger partial charge >= 0.3 is 0 Å². The molecular formula is C15H13N5O. The highest BCUT2D eigenvalue weighted by Crippen LogP contribution is 2.24. The number of rotatable bonds is 3. The Kier molecular flexibility index (Phi) is 3.19. The molecule has 2 N–H and O–H groups in total. The molecule has 0 amide bonds. The number of carbonyl (C=O) groups is 1. The minimum absolute atomic E-state index is 0.0177. The number of pyridine rings is 1. The van der Waals surface area contributed by atoms with Crippen LogP contribution in [0.1, 0.15) is 17.3 Å². The van der Waals surface area contributed by atoms with Gasteiger partial charge in [0.05, 0.1) is 5.69 Å². The van der Waals surface area contributed by atoms with Crippen molar-refractivity contribution in [2.45, 2.75) is 6.92 Å². The normalized spacial score (nSPS) is 10.5. The molecule has 104 valence electrons. The summed E-state index contributed by atoms with van der Waals surface area (Å²) in [6, 6.07) is 10.7. The first-order chi connectivity index (χ1) is 10.2. The Morgan fingerprint density at radius 2 is 1.95 bits per heavy atom. The van der Waals surface area contributed by atoms with Gasteiger partial charge in [-0.2, -0.15) is 4.68 Å². The zero-order valence-corrected chi connectivity index (χ0v) is 11.4. The number of hydrogen-bond acceptors (Lipinski definition) is 5. The highest BCUT2D eigenvalue weighted by molar-refractivity contribution is 5.94. The molecule has 6 heteroatoms. The minimum Gasteiger partial charge on any atom is -0.382 e. The zero-order chi connectivity index (χ0) is 14.8. The molecule has 6 nitrogen and oxygen atoms in total. The molecule has 21 heavy (non-hydrogen) atoms. The van der Waals surface area contributed by atoms with Crippen LogP contribution < -0.4 is 5.73 Å². The van der Waals surface area contributed by atoms with Gasteiger partial charge in [-0.15, -0.1) is 5.10 Å². The second-order valence-electron chi connectivity index (χ2n) is 4.58. The summed E-state index contributed by atoms with van der Waals surface area (Å²) in [7, 11) is 0. The second-order valence-corrected chi connectivity index (χ2v) is 4.58. The van der Waals surface area contributed by atoms with Crippen molar-refractivity contribution in [2.24, 2.45) is 0 Å². The molecule has 2 heterocycles. The van der Waals surface area contributed by atoms with E-state index in [1.165, 1.54) is 11.6 Å². The van der Waals surface area contributed by atoms with Crippen molar-refractivity contribution in [1.82, 2.24) is 20.0 Å². The molecule has 3 rings (SSSR count). The fraction of sp³-hybridized carbons (Fsp3) is 0.0667. The standard InChI is InChI=1S/C15H13N5O/c1-10(21)11-4-6-13(7-5-11)20-15(16)14(18-19-20)12-3-2-8-17-9-12/h2-9H,16H2,1H3. The Morgan fingerprint density at radius 1 is 1.19 bits per heavy atom. The van der Waals surface area contributed by atoms with Gasteiger partial charge in [-0.3, -0.25) is 9.78 Å². The van der Waals surface area contributed by atoms with Gasteiger partial charge in [0.25, 0.3) is 0 Å². The van der Waals surface area contributed by atoms with E-state index in [0.717, 1.165) is 11.3 Å². The molecule has 1 aromatic carbocycles. The van der Waals surface area contributed by atoms with Crippen molar-refractivity contribution >= 4 is 11.6 Å². The van der Waals surface area contributed by atoms with Crippen molar-refractivity contribution in [3.63, 3.8) is 0 Å². The number of nitrogens with zero attached hydrogens (tertiary/aromatic N) is 4. The van der Waals surface area contributed by atoms with Crippen LogP contribution in [-0.4, -0.2) is 25.8 Å². The van der Waals surface area contributed by atoms with Crippen molar-refractivity contribution in [2.75, 3.05) is 5.73 Å². The maximum Gasteiger partial charge on any atom is 0.159 e. The summed E-state index contributed by atoms with van der Waals surface area (Å²) in [6.07, 6.45) is 3.37. The Hall–Kier alpha value is -3.02. The number of anilines is 1. The second kappa shape index (κ2) is 5.16. The summed E-state index contributed by atoms with van der Waals surface area (Å²) in [5.74, 6) is 0.447. The molecule has 0 saturated heterocycles. The molecule has 0 aliphatic carbocycles. The number of ketones is 1. The monoisotopic (exact) mass is 279 g/mol. The first kappa shape index (κ1) is 13.0. The smallest absolute Gasteiger partial charge is 0.159 e. The largest absolute Gasteiger partial charge is 0.382 e. The van der Waals surface area contributed by atoms with Gasteiger partial charge in [-0.05, 0) is 43.3 Å². The Balaban J connectivity index is 2.01. The molecule has 0 spiro atoms. The van der Waals surface area contributed by atoms with Crippen LogP contribution in [0.2, 0.25) is 0 Å². The number of carbonyl (C=O) groups excluding carboxylic acids is 1. The van der Waals surface area contributed by atoms with E-state index in [0.29, 0.717) is 17.1 Å². The third-order valence-electron chi connectivity index (χ3n) is 3.16. The summed E-state index contributed by atoms with van der Waals surface area (Å²) in [5.41, 5.74) is 8.89. The maximum atomic E-state index is 11.3. The first-order valence-corrected chi connectivity index (χ1v) is 6.40. The topological polar surface area (TPSA) is 86.7 Å². The number of nitrogens with two attached hydrogens (primary N) is 1. The minimum atomic E-state index is 0.0177. The summed E-state index contributed by atoms with van der Waals surface area (Å²) < 4.78 is 1.53. The van der Waals surface area contributed by atoms with Gasteiger partial charge in [-0.1, -0.05) is 5.21 Å². The Bertz CT molecular complexity index is 778. The SMILES string of the molecule is CC(=O)c1ccc(-n2nnc(-c3cccnc3)c2N)cc1. The number of aromatic nitrogens is 4. The van der Waals surface area contributed by atoms with Crippen LogP contribution in [0.15, 0.2) is 48.8 Å². The van der Waals surface area contributed by atoms with E-state index in [4.69, 9.17) is 5.73 Å². The predicted molar refractivity (Wildman–Crippen MR) is 79.0 cm³/mol. The van der Waals surface area contributed by atoms with Crippen LogP contribution in [0, 0.1) is 0 Å². The van der Waals surface area contributed by atoms with E-state index in [-0.39, 0.29) is 5.78 Å². The lowest BCUT2D eigenvalue weighted by Gasteiger charge is -2.04. The van der Waals surface area contributed by atoms with Crippen molar-refractivity contribution in [3.8, 4) is 16.9 Å². The van der Waals surface area contributed by atoms with Crippen molar-refractivity contribution < 1.29 is 4.79 Å². The van der Waals surface area contributed by atoms with E-state index in [2.05, 4.69) is 15.3 Å². The van der Waals surface area contributed by atoms with Gasteiger partial charge in [0, 0.05) is 23.5 Å². The van der Waals surface area contributed by atoms with E-state index < -0.39 is 0 Å². The molecule has 0 saturated carbocycles. The quantitative estimate of drug-likeness (QED) is 0.742. The number of benzene rings is 1. The molecule has 3 aromatic rings.